The van der Waals surface area contributed by atoms with E-state index < -0.39 is 5.82 Å². The molecule has 0 fully saturated rings. The first-order chi connectivity index (χ1) is 9.67. The molecule has 1 aromatic carbocycles. The fourth-order valence-electron chi connectivity index (χ4n) is 1.82. The van der Waals surface area contributed by atoms with Crippen LogP contribution in [0.25, 0.3) is 0 Å². The van der Waals surface area contributed by atoms with Crippen LogP contribution in [0.5, 0.6) is 0 Å². The van der Waals surface area contributed by atoms with Crippen molar-refractivity contribution in [2.24, 2.45) is 0 Å². The molecule has 0 aliphatic rings. The second-order valence-corrected chi connectivity index (χ2v) is 4.04. The SMILES string of the molecule is CCN(C(=O)c1cncc(NC)n1)c1ccccc1F. The summed E-state index contributed by atoms with van der Waals surface area (Å²) in [5, 5.41) is 2.81. The second kappa shape index (κ2) is 6.10. The normalized spacial score (nSPS) is 10.2. The van der Waals surface area contributed by atoms with E-state index >= 15 is 0 Å². The molecule has 0 aliphatic heterocycles. The molecule has 2 rings (SSSR count). The first-order valence-corrected chi connectivity index (χ1v) is 6.23. The average Bonchev–Trinajstić information content (AvgIpc) is 2.49. The van der Waals surface area contributed by atoms with Gasteiger partial charge in [-0.1, -0.05) is 12.1 Å². The summed E-state index contributed by atoms with van der Waals surface area (Å²) < 4.78 is 13.8. The van der Waals surface area contributed by atoms with E-state index in [2.05, 4.69) is 15.3 Å². The maximum atomic E-state index is 13.8. The van der Waals surface area contributed by atoms with E-state index in [4.69, 9.17) is 0 Å². The molecule has 1 aromatic heterocycles. The van der Waals surface area contributed by atoms with Crippen molar-refractivity contribution in [3.8, 4) is 0 Å². The van der Waals surface area contributed by atoms with Crippen molar-refractivity contribution < 1.29 is 9.18 Å². The molecule has 0 bridgehead atoms. The quantitative estimate of drug-likeness (QED) is 0.929. The predicted octanol–water partition coefficient (Wildman–Crippen LogP) is 2.32. The van der Waals surface area contributed by atoms with Gasteiger partial charge in [-0.2, -0.15) is 0 Å². The number of carbonyl (C=O) groups excluding carboxylic acids is 1. The number of anilines is 2. The lowest BCUT2D eigenvalue weighted by atomic mass is 10.2. The van der Waals surface area contributed by atoms with E-state index in [0.717, 1.165) is 0 Å². The van der Waals surface area contributed by atoms with Crippen LogP contribution >= 0.6 is 0 Å². The number of nitrogens with one attached hydrogen (secondary N) is 1. The number of para-hydroxylation sites is 1. The summed E-state index contributed by atoms with van der Waals surface area (Å²) in [6, 6.07) is 6.15. The number of halogens is 1. The van der Waals surface area contributed by atoms with Crippen LogP contribution in [0.1, 0.15) is 17.4 Å². The van der Waals surface area contributed by atoms with Crippen molar-refractivity contribution >= 4 is 17.4 Å². The molecule has 0 saturated carbocycles. The molecule has 0 radical (unpaired) electrons. The van der Waals surface area contributed by atoms with E-state index in [9.17, 15) is 9.18 Å². The number of aromatic nitrogens is 2. The molecule has 6 heteroatoms. The predicted molar refractivity (Wildman–Crippen MR) is 75.3 cm³/mol. The molecular weight excluding hydrogens is 259 g/mol. The van der Waals surface area contributed by atoms with Crippen molar-refractivity contribution in [2.75, 3.05) is 23.8 Å². The Kier molecular flexibility index (Phi) is 4.24. The lowest BCUT2D eigenvalue weighted by Gasteiger charge is -2.21. The van der Waals surface area contributed by atoms with Crippen molar-refractivity contribution in [1.29, 1.82) is 0 Å². The number of nitrogens with zero attached hydrogens (tertiary/aromatic N) is 3. The van der Waals surface area contributed by atoms with Crippen LogP contribution in [-0.2, 0) is 0 Å². The van der Waals surface area contributed by atoms with Gasteiger partial charge in [0, 0.05) is 13.6 Å². The van der Waals surface area contributed by atoms with E-state index in [-0.39, 0.29) is 17.3 Å². The zero-order chi connectivity index (χ0) is 14.5. The van der Waals surface area contributed by atoms with Gasteiger partial charge in [0.05, 0.1) is 18.1 Å². The summed E-state index contributed by atoms with van der Waals surface area (Å²) in [5.74, 6) is -0.344. The third-order valence-corrected chi connectivity index (χ3v) is 2.81. The largest absolute Gasteiger partial charge is 0.372 e. The first-order valence-electron chi connectivity index (χ1n) is 6.23. The third kappa shape index (κ3) is 2.74. The van der Waals surface area contributed by atoms with Crippen LogP contribution in [-0.4, -0.2) is 29.5 Å². The lowest BCUT2D eigenvalue weighted by Crippen LogP contribution is -2.32. The molecule has 20 heavy (non-hydrogen) atoms. The van der Waals surface area contributed by atoms with Crippen molar-refractivity contribution in [1.82, 2.24) is 9.97 Å². The Morgan fingerprint density at radius 2 is 2.10 bits per heavy atom. The number of amides is 1. The highest BCUT2D eigenvalue weighted by Crippen LogP contribution is 2.20. The third-order valence-electron chi connectivity index (χ3n) is 2.81. The Balaban J connectivity index is 2.36. The summed E-state index contributed by atoms with van der Waals surface area (Å²) in [6.45, 7) is 2.12. The van der Waals surface area contributed by atoms with E-state index in [1.54, 1.807) is 32.2 Å². The lowest BCUT2D eigenvalue weighted by molar-refractivity contribution is 0.0982. The minimum atomic E-state index is -0.444. The number of benzene rings is 1. The second-order valence-electron chi connectivity index (χ2n) is 4.04. The van der Waals surface area contributed by atoms with Crippen LogP contribution in [0.15, 0.2) is 36.7 Å². The molecule has 5 nitrogen and oxygen atoms in total. The first kappa shape index (κ1) is 13.9. The fraction of sp³-hybridized carbons (Fsp3) is 0.214. The zero-order valence-electron chi connectivity index (χ0n) is 11.3. The minimum absolute atomic E-state index is 0.168. The van der Waals surface area contributed by atoms with Gasteiger partial charge in [0.2, 0.25) is 0 Å². The van der Waals surface area contributed by atoms with Crippen LogP contribution in [0.3, 0.4) is 0 Å². The molecule has 2 aromatic rings. The van der Waals surface area contributed by atoms with E-state index in [1.165, 1.54) is 23.4 Å². The van der Waals surface area contributed by atoms with Gasteiger partial charge in [-0.25, -0.2) is 9.37 Å². The fourth-order valence-corrected chi connectivity index (χ4v) is 1.82. The summed E-state index contributed by atoms with van der Waals surface area (Å²) >= 11 is 0. The van der Waals surface area contributed by atoms with Crippen LogP contribution in [0.2, 0.25) is 0 Å². The number of hydrogen-bond donors (Lipinski definition) is 1. The van der Waals surface area contributed by atoms with Crippen LogP contribution in [0, 0.1) is 5.82 Å². The maximum absolute atomic E-state index is 13.8. The molecule has 0 unspecified atom stereocenters. The Morgan fingerprint density at radius 1 is 1.35 bits per heavy atom. The number of rotatable bonds is 4. The maximum Gasteiger partial charge on any atom is 0.278 e. The summed E-state index contributed by atoms with van der Waals surface area (Å²) in [4.78, 5) is 21.8. The van der Waals surface area contributed by atoms with Crippen LogP contribution < -0.4 is 10.2 Å². The van der Waals surface area contributed by atoms with Gasteiger partial charge >= 0.3 is 0 Å². The number of hydrogen-bond acceptors (Lipinski definition) is 4. The van der Waals surface area contributed by atoms with Gasteiger partial charge in [0.15, 0.2) is 0 Å². The van der Waals surface area contributed by atoms with Gasteiger partial charge in [0.25, 0.3) is 5.91 Å². The highest BCUT2D eigenvalue weighted by atomic mass is 19.1. The van der Waals surface area contributed by atoms with Gasteiger partial charge in [0.1, 0.15) is 17.3 Å². The van der Waals surface area contributed by atoms with Gasteiger partial charge in [-0.3, -0.25) is 9.78 Å². The Morgan fingerprint density at radius 3 is 2.75 bits per heavy atom. The van der Waals surface area contributed by atoms with Crippen molar-refractivity contribution in [3.63, 3.8) is 0 Å². The minimum Gasteiger partial charge on any atom is -0.372 e. The smallest absolute Gasteiger partial charge is 0.278 e. The molecule has 1 amide bonds. The van der Waals surface area contributed by atoms with Crippen molar-refractivity contribution in [3.05, 3.63) is 48.2 Å². The highest BCUT2D eigenvalue weighted by Gasteiger charge is 2.20. The molecule has 1 heterocycles. The highest BCUT2D eigenvalue weighted by molar-refractivity contribution is 6.04. The van der Waals surface area contributed by atoms with Gasteiger partial charge < -0.3 is 10.2 Å². The van der Waals surface area contributed by atoms with Crippen LogP contribution in [0.4, 0.5) is 15.9 Å². The average molecular weight is 274 g/mol. The topological polar surface area (TPSA) is 58.1 Å². The van der Waals surface area contributed by atoms with Crippen molar-refractivity contribution in [2.45, 2.75) is 6.92 Å². The summed E-state index contributed by atoms with van der Waals surface area (Å²) in [6.07, 6.45) is 2.88. The monoisotopic (exact) mass is 274 g/mol. The molecule has 1 N–H and O–H groups in total. The molecule has 0 saturated heterocycles. The van der Waals surface area contributed by atoms with E-state index in [0.29, 0.717) is 12.4 Å². The van der Waals surface area contributed by atoms with Gasteiger partial charge in [-0.15, -0.1) is 0 Å². The molecule has 0 aliphatic carbocycles. The molecule has 0 atom stereocenters. The Hall–Kier alpha value is -2.50. The molecule has 104 valence electrons. The Labute approximate surface area is 116 Å². The zero-order valence-corrected chi connectivity index (χ0v) is 11.3. The molecule has 0 spiro atoms. The number of carbonyl (C=O) groups is 1. The van der Waals surface area contributed by atoms with Gasteiger partial charge in [-0.05, 0) is 19.1 Å². The summed E-state index contributed by atoms with van der Waals surface area (Å²) in [7, 11) is 1.69. The summed E-state index contributed by atoms with van der Waals surface area (Å²) in [5.41, 5.74) is 0.401. The van der Waals surface area contributed by atoms with E-state index in [1.807, 2.05) is 0 Å². The standard InChI is InChI=1S/C14H15FN4O/c1-3-19(12-7-5-4-6-10(12)15)14(20)11-8-17-9-13(16-2)18-11/h4-9H,3H2,1-2H3,(H,16,18). The Bertz CT molecular complexity index is 618. The molecular formula is C14H15FN4O.